The van der Waals surface area contributed by atoms with Crippen molar-refractivity contribution in [3.63, 3.8) is 0 Å². The van der Waals surface area contributed by atoms with Crippen LogP contribution >= 0.6 is 0 Å². The summed E-state index contributed by atoms with van der Waals surface area (Å²) >= 11 is 0. The highest BCUT2D eigenvalue weighted by atomic mass is 19.1. The average molecular weight is 507 g/mol. The predicted molar refractivity (Wildman–Crippen MR) is 145 cm³/mol. The lowest BCUT2D eigenvalue weighted by Gasteiger charge is -2.29. The molecule has 37 heavy (non-hydrogen) atoms. The molecule has 0 aliphatic carbocycles. The molecule has 0 radical (unpaired) electrons. The van der Waals surface area contributed by atoms with Crippen LogP contribution in [-0.4, -0.2) is 36.9 Å². The SMILES string of the molecule is C.CNC(N)N.NC(=O)c1cn2c3c(c(N4CCCC4)c(F)cc3c1=O)Oc1cc3ccccc3cc1-2. The molecule has 4 aromatic rings. The second-order valence-electron chi connectivity index (χ2n) is 8.82. The number of benzene rings is 3. The number of primary amides is 1. The number of carbonyl (C=O) groups excluding carboxylic acids is 1. The summed E-state index contributed by atoms with van der Waals surface area (Å²) in [4.78, 5) is 26.9. The van der Waals surface area contributed by atoms with Crippen LogP contribution in [0.3, 0.4) is 0 Å². The molecule has 0 unspecified atom stereocenters. The van der Waals surface area contributed by atoms with Crippen LogP contribution < -0.4 is 37.6 Å². The molecule has 6 rings (SSSR count). The molecule has 0 bridgehead atoms. The van der Waals surface area contributed by atoms with Crippen molar-refractivity contribution in [3.05, 3.63) is 70.3 Å². The zero-order valence-electron chi connectivity index (χ0n) is 19.8. The van der Waals surface area contributed by atoms with E-state index in [0.29, 0.717) is 41.5 Å². The van der Waals surface area contributed by atoms with E-state index in [-0.39, 0.29) is 24.7 Å². The number of nitrogens with zero attached hydrogens (tertiary/aromatic N) is 2. The van der Waals surface area contributed by atoms with E-state index in [9.17, 15) is 9.59 Å². The van der Waals surface area contributed by atoms with E-state index < -0.39 is 17.2 Å². The van der Waals surface area contributed by atoms with E-state index in [1.165, 1.54) is 12.3 Å². The number of nitrogens with two attached hydrogens (primary N) is 3. The van der Waals surface area contributed by atoms with Crippen LogP contribution in [0.1, 0.15) is 30.6 Å². The molecular weight excluding hydrogens is 475 g/mol. The van der Waals surface area contributed by atoms with Crippen molar-refractivity contribution in [2.24, 2.45) is 17.2 Å². The van der Waals surface area contributed by atoms with Crippen LogP contribution in [0.15, 0.2) is 53.5 Å². The van der Waals surface area contributed by atoms with Gasteiger partial charge in [-0.3, -0.25) is 14.9 Å². The number of hydrogen-bond acceptors (Lipinski definition) is 7. The van der Waals surface area contributed by atoms with Crippen molar-refractivity contribution in [2.45, 2.75) is 26.6 Å². The highest BCUT2D eigenvalue weighted by Gasteiger charge is 2.31. The molecular formula is C27H31FN6O3. The van der Waals surface area contributed by atoms with Crippen LogP contribution in [-0.2, 0) is 0 Å². The Bertz CT molecular complexity index is 1560. The number of halogens is 1. The number of pyridine rings is 1. The second-order valence-corrected chi connectivity index (χ2v) is 8.82. The first-order chi connectivity index (χ1) is 17.3. The Labute approximate surface area is 213 Å². The van der Waals surface area contributed by atoms with Gasteiger partial charge in [-0.15, -0.1) is 0 Å². The first-order valence-corrected chi connectivity index (χ1v) is 11.7. The van der Waals surface area contributed by atoms with Crippen LogP contribution in [0.5, 0.6) is 11.5 Å². The minimum Gasteiger partial charge on any atom is -0.451 e. The number of aromatic nitrogens is 1. The van der Waals surface area contributed by atoms with Gasteiger partial charge in [0.2, 0.25) is 5.43 Å². The number of amides is 1. The smallest absolute Gasteiger partial charge is 0.254 e. The van der Waals surface area contributed by atoms with Gasteiger partial charge < -0.3 is 31.4 Å². The highest BCUT2D eigenvalue weighted by molar-refractivity contribution is 6.01. The van der Waals surface area contributed by atoms with Crippen molar-refractivity contribution >= 4 is 33.3 Å². The molecule has 7 N–H and O–H groups in total. The van der Waals surface area contributed by atoms with Crippen molar-refractivity contribution in [1.82, 2.24) is 9.88 Å². The molecule has 10 heteroatoms. The number of anilines is 1. The van der Waals surface area contributed by atoms with Crippen LogP contribution in [0.25, 0.3) is 27.4 Å². The quantitative estimate of drug-likeness (QED) is 0.276. The van der Waals surface area contributed by atoms with Gasteiger partial charge >= 0.3 is 0 Å². The summed E-state index contributed by atoms with van der Waals surface area (Å²) in [5.41, 5.74) is 16.1. The van der Waals surface area contributed by atoms with E-state index in [0.717, 1.165) is 23.6 Å². The molecule has 9 nitrogen and oxygen atoms in total. The molecule has 194 valence electrons. The van der Waals surface area contributed by atoms with Gasteiger partial charge in [-0.05, 0) is 48.9 Å². The Morgan fingerprint density at radius 3 is 2.32 bits per heavy atom. The predicted octanol–water partition coefficient (Wildman–Crippen LogP) is 3.13. The summed E-state index contributed by atoms with van der Waals surface area (Å²) in [6.07, 6.45) is 3.00. The number of nitrogens with one attached hydrogen (secondary N) is 1. The Morgan fingerprint density at radius 2 is 1.73 bits per heavy atom. The Hall–Kier alpha value is -3.99. The lowest BCUT2D eigenvalue weighted by Crippen LogP contribution is -2.42. The van der Waals surface area contributed by atoms with Gasteiger partial charge in [-0.25, -0.2) is 4.39 Å². The van der Waals surface area contributed by atoms with E-state index in [1.54, 1.807) is 11.6 Å². The lowest BCUT2D eigenvalue weighted by atomic mass is 10.0. The van der Waals surface area contributed by atoms with Crippen molar-refractivity contribution < 1.29 is 13.9 Å². The zero-order valence-corrected chi connectivity index (χ0v) is 19.8. The van der Waals surface area contributed by atoms with Crippen molar-refractivity contribution in [2.75, 3.05) is 25.0 Å². The molecule has 3 heterocycles. The monoisotopic (exact) mass is 506 g/mol. The topological polar surface area (TPSA) is 142 Å². The minimum absolute atomic E-state index is 0. The van der Waals surface area contributed by atoms with Gasteiger partial charge in [0.25, 0.3) is 5.91 Å². The maximum absolute atomic E-state index is 15.3. The van der Waals surface area contributed by atoms with Gasteiger partial charge in [0.15, 0.2) is 17.3 Å². The molecule has 0 atom stereocenters. The van der Waals surface area contributed by atoms with E-state index >= 15 is 4.39 Å². The molecule has 1 fully saturated rings. The molecule has 2 aliphatic rings. The molecule has 3 aromatic carbocycles. The summed E-state index contributed by atoms with van der Waals surface area (Å²) in [5.74, 6) is -0.570. The third-order valence-electron chi connectivity index (χ3n) is 6.49. The number of carbonyl (C=O) groups is 1. The van der Waals surface area contributed by atoms with Gasteiger partial charge in [0.1, 0.15) is 23.1 Å². The lowest BCUT2D eigenvalue weighted by molar-refractivity contribution is 0.0999. The normalized spacial score (nSPS) is 13.6. The number of ether oxygens (including phenoxy) is 1. The standard InChI is InChI=1S/C24H18FN3O3.C2H9N3.CH4/c25-17-11-15-20-23(21(17)27-7-3-4-8-27)31-19-10-14-6-2-1-5-13(14)9-18(19)28(20)12-16(22(15)29)24(26)30;1-5-2(3)4;/h1-2,5-6,9-12H,3-4,7-8H2,(H2,26,30);2,5H,3-4H2,1H3;1H4. The summed E-state index contributed by atoms with van der Waals surface area (Å²) in [6.45, 7) is 1.43. The van der Waals surface area contributed by atoms with Gasteiger partial charge in [0, 0.05) is 19.3 Å². The number of fused-ring (bicyclic) bond motifs is 3. The average Bonchev–Trinajstić information content (AvgIpc) is 3.39. The molecule has 0 saturated carbocycles. The fourth-order valence-corrected chi connectivity index (χ4v) is 4.70. The molecule has 1 saturated heterocycles. The van der Waals surface area contributed by atoms with Crippen LogP contribution in [0.4, 0.5) is 10.1 Å². The summed E-state index contributed by atoms with van der Waals surface area (Å²) < 4.78 is 23.3. The first kappa shape index (κ1) is 26.1. The highest BCUT2D eigenvalue weighted by Crippen LogP contribution is 2.47. The third kappa shape index (κ3) is 4.50. The van der Waals surface area contributed by atoms with Crippen molar-refractivity contribution in [1.29, 1.82) is 0 Å². The van der Waals surface area contributed by atoms with Gasteiger partial charge in [0.05, 0.1) is 11.1 Å². The zero-order chi connectivity index (χ0) is 25.6. The fraction of sp³-hybridized carbons (Fsp3) is 0.259. The summed E-state index contributed by atoms with van der Waals surface area (Å²) in [6, 6.07) is 12.8. The Balaban J connectivity index is 0.000000490. The maximum atomic E-state index is 15.3. The third-order valence-corrected chi connectivity index (χ3v) is 6.49. The van der Waals surface area contributed by atoms with E-state index in [4.69, 9.17) is 21.9 Å². The molecule has 2 aliphatic heterocycles. The second kappa shape index (κ2) is 10.2. The van der Waals surface area contributed by atoms with E-state index in [1.807, 2.05) is 41.3 Å². The van der Waals surface area contributed by atoms with Gasteiger partial charge in [-0.2, -0.15) is 0 Å². The molecule has 1 amide bonds. The molecule has 0 spiro atoms. The fourth-order valence-electron chi connectivity index (χ4n) is 4.70. The largest absolute Gasteiger partial charge is 0.451 e. The van der Waals surface area contributed by atoms with Crippen molar-refractivity contribution in [3.8, 4) is 17.2 Å². The summed E-state index contributed by atoms with van der Waals surface area (Å²) in [7, 11) is 1.70. The number of rotatable bonds is 3. The van der Waals surface area contributed by atoms with E-state index in [2.05, 4.69) is 5.32 Å². The minimum atomic E-state index is -0.852. The maximum Gasteiger partial charge on any atom is 0.254 e. The Kier molecular flexibility index (Phi) is 7.17. The first-order valence-electron chi connectivity index (χ1n) is 11.7. The molecule has 1 aromatic heterocycles. The number of hydrogen-bond donors (Lipinski definition) is 4. The Morgan fingerprint density at radius 1 is 1.11 bits per heavy atom. The summed E-state index contributed by atoms with van der Waals surface area (Å²) in [5, 5.41) is 4.60. The van der Waals surface area contributed by atoms with Gasteiger partial charge in [-0.1, -0.05) is 31.7 Å². The van der Waals surface area contributed by atoms with Crippen LogP contribution in [0.2, 0.25) is 0 Å². The van der Waals surface area contributed by atoms with Crippen LogP contribution in [0, 0.1) is 5.82 Å².